The third-order valence-corrected chi connectivity index (χ3v) is 6.86. The van der Waals surface area contributed by atoms with E-state index in [4.69, 9.17) is 9.47 Å². The highest BCUT2D eigenvalue weighted by Crippen LogP contribution is 2.26. The molecule has 0 spiro atoms. The molecule has 2 atom stereocenters. The number of hydrogen-bond acceptors (Lipinski definition) is 6. The number of phenolic OH excluding ortho intramolecular Hbond substituents is 1. The first kappa shape index (κ1) is 32.1. The number of nitrogens with zero attached hydrogens (tertiary/aromatic N) is 2. The molecule has 1 fully saturated rings. The first-order valence-electron chi connectivity index (χ1n) is 12.8. The fraction of sp³-hybridized carbons (Fsp3) is 0.367. The number of ether oxygens (including phenoxy) is 2. The van der Waals surface area contributed by atoms with E-state index in [9.17, 15) is 9.90 Å². The molecule has 0 aliphatic carbocycles. The number of rotatable bonds is 9. The summed E-state index contributed by atoms with van der Waals surface area (Å²) in [6, 6.07) is 22.3. The van der Waals surface area contributed by atoms with Gasteiger partial charge in [-0.1, -0.05) is 19.9 Å². The molecule has 3 aromatic rings. The van der Waals surface area contributed by atoms with E-state index in [1.54, 1.807) is 25.3 Å². The number of aromatic hydroxyl groups is 1. The van der Waals surface area contributed by atoms with Gasteiger partial charge in [0.15, 0.2) is 0 Å². The molecule has 39 heavy (non-hydrogen) atoms. The van der Waals surface area contributed by atoms with Crippen LogP contribution in [0.5, 0.6) is 23.0 Å². The van der Waals surface area contributed by atoms with E-state index in [0.717, 1.165) is 37.6 Å². The van der Waals surface area contributed by atoms with Crippen molar-refractivity contribution in [3.63, 3.8) is 0 Å². The second-order valence-electron chi connectivity index (χ2n) is 9.95. The Hall–Kier alpha value is -3.13. The van der Waals surface area contributed by atoms with Gasteiger partial charge in [0.1, 0.15) is 23.0 Å². The molecule has 1 aliphatic rings. The second-order valence-corrected chi connectivity index (χ2v) is 9.95. The lowest BCUT2D eigenvalue weighted by Gasteiger charge is -2.42. The molecule has 1 heterocycles. The van der Waals surface area contributed by atoms with Crippen LogP contribution in [0.4, 0.5) is 5.69 Å². The Labute approximate surface area is 243 Å². The van der Waals surface area contributed by atoms with Gasteiger partial charge in [-0.2, -0.15) is 0 Å². The molecule has 3 aromatic carbocycles. The van der Waals surface area contributed by atoms with Crippen LogP contribution in [0.2, 0.25) is 0 Å². The van der Waals surface area contributed by atoms with Crippen molar-refractivity contribution in [3.05, 3.63) is 78.4 Å². The number of carbonyl (C=O) groups excluding carboxylic acids is 1. The van der Waals surface area contributed by atoms with Gasteiger partial charge < -0.3 is 24.8 Å². The van der Waals surface area contributed by atoms with Crippen molar-refractivity contribution in [1.29, 1.82) is 0 Å². The largest absolute Gasteiger partial charge is 0.508 e. The van der Waals surface area contributed by atoms with Gasteiger partial charge >= 0.3 is 0 Å². The summed E-state index contributed by atoms with van der Waals surface area (Å²) >= 11 is 0. The van der Waals surface area contributed by atoms with Gasteiger partial charge in [0, 0.05) is 55.6 Å². The van der Waals surface area contributed by atoms with Crippen LogP contribution in [-0.2, 0) is 0 Å². The SMILES string of the molecule is COc1ccc(Oc2ccc(C(=O)N[C@H](CN3CCN(c4cccc(O)c4)[C@@H](C)C3)C(C)C)cc2)cc1.Cl.Cl. The quantitative estimate of drug-likeness (QED) is 0.326. The van der Waals surface area contributed by atoms with Crippen LogP contribution in [0.3, 0.4) is 0 Å². The molecule has 9 heteroatoms. The second kappa shape index (κ2) is 14.9. The van der Waals surface area contributed by atoms with Crippen molar-refractivity contribution in [2.24, 2.45) is 5.92 Å². The van der Waals surface area contributed by atoms with Crippen LogP contribution in [0.1, 0.15) is 31.1 Å². The molecule has 0 aromatic heterocycles. The maximum absolute atomic E-state index is 13.1. The van der Waals surface area contributed by atoms with Crippen molar-refractivity contribution >= 4 is 36.4 Å². The highest BCUT2D eigenvalue weighted by Gasteiger charge is 2.27. The van der Waals surface area contributed by atoms with E-state index < -0.39 is 0 Å². The summed E-state index contributed by atoms with van der Waals surface area (Å²) in [6.45, 7) is 9.95. The number of anilines is 1. The summed E-state index contributed by atoms with van der Waals surface area (Å²) in [5.41, 5.74) is 1.65. The molecular formula is C30H39Cl2N3O4. The van der Waals surface area contributed by atoms with Gasteiger partial charge in [0.2, 0.25) is 0 Å². The average molecular weight is 577 g/mol. The molecule has 1 amide bonds. The third kappa shape index (κ3) is 8.68. The van der Waals surface area contributed by atoms with Gasteiger partial charge in [-0.05, 0) is 73.5 Å². The summed E-state index contributed by atoms with van der Waals surface area (Å²) in [7, 11) is 1.63. The van der Waals surface area contributed by atoms with Gasteiger partial charge in [0.05, 0.1) is 7.11 Å². The average Bonchev–Trinajstić information content (AvgIpc) is 2.89. The van der Waals surface area contributed by atoms with E-state index in [-0.39, 0.29) is 42.5 Å². The number of piperazine rings is 1. The Morgan fingerprint density at radius 2 is 1.59 bits per heavy atom. The third-order valence-electron chi connectivity index (χ3n) is 6.86. The molecule has 1 aliphatic heterocycles. The minimum absolute atomic E-state index is 0. The van der Waals surface area contributed by atoms with Gasteiger partial charge in [-0.15, -0.1) is 24.8 Å². The number of hydrogen-bond donors (Lipinski definition) is 2. The zero-order chi connectivity index (χ0) is 26.4. The van der Waals surface area contributed by atoms with Crippen molar-refractivity contribution < 1.29 is 19.4 Å². The summed E-state index contributed by atoms with van der Waals surface area (Å²) in [5.74, 6) is 2.64. The van der Waals surface area contributed by atoms with Crippen LogP contribution in [0.15, 0.2) is 72.8 Å². The lowest BCUT2D eigenvalue weighted by molar-refractivity contribution is 0.0903. The summed E-state index contributed by atoms with van der Waals surface area (Å²) in [5, 5.41) is 13.1. The topological polar surface area (TPSA) is 74.3 Å². The lowest BCUT2D eigenvalue weighted by Crippen LogP contribution is -2.56. The van der Waals surface area contributed by atoms with Gasteiger partial charge in [-0.3, -0.25) is 9.69 Å². The first-order chi connectivity index (χ1) is 17.8. The van der Waals surface area contributed by atoms with E-state index in [2.05, 4.69) is 35.9 Å². The molecule has 0 radical (unpaired) electrons. The zero-order valence-corrected chi connectivity index (χ0v) is 24.5. The van der Waals surface area contributed by atoms with Crippen LogP contribution in [-0.4, -0.2) is 61.3 Å². The van der Waals surface area contributed by atoms with Crippen LogP contribution in [0.25, 0.3) is 0 Å². The number of benzene rings is 3. The monoisotopic (exact) mass is 575 g/mol. The van der Waals surface area contributed by atoms with E-state index in [1.165, 1.54) is 0 Å². The van der Waals surface area contributed by atoms with E-state index in [0.29, 0.717) is 29.0 Å². The van der Waals surface area contributed by atoms with E-state index >= 15 is 0 Å². The molecule has 0 unspecified atom stereocenters. The molecule has 4 rings (SSSR count). The maximum atomic E-state index is 13.1. The highest BCUT2D eigenvalue weighted by molar-refractivity contribution is 5.94. The summed E-state index contributed by atoms with van der Waals surface area (Å²) < 4.78 is 11.1. The van der Waals surface area contributed by atoms with Crippen LogP contribution < -0.4 is 19.7 Å². The minimum Gasteiger partial charge on any atom is -0.508 e. The van der Waals surface area contributed by atoms with Crippen molar-refractivity contribution in [2.45, 2.75) is 32.9 Å². The molecule has 0 saturated carbocycles. The van der Waals surface area contributed by atoms with Gasteiger partial charge in [0.25, 0.3) is 5.91 Å². The van der Waals surface area contributed by atoms with Crippen molar-refractivity contribution in [1.82, 2.24) is 10.2 Å². The number of carbonyl (C=O) groups is 1. The molecule has 212 valence electrons. The number of methoxy groups -OCH3 is 1. The Morgan fingerprint density at radius 3 is 2.15 bits per heavy atom. The number of halogens is 2. The number of amides is 1. The fourth-order valence-electron chi connectivity index (χ4n) is 4.66. The van der Waals surface area contributed by atoms with Crippen LogP contribution >= 0.6 is 24.8 Å². The summed E-state index contributed by atoms with van der Waals surface area (Å²) in [6.07, 6.45) is 0. The molecule has 2 N–H and O–H groups in total. The summed E-state index contributed by atoms with van der Waals surface area (Å²) in [4.78, 5) is 17.8. The minimum atomic E-state index is -0.0823. The maximum Gasteiger partial charge on any atom is 0.251 e. The molecule has 0 bridgehead atoms. The first-order valence-corrected chi connectivity index (χ1v) is 12.8. The Bertz CT molecular complexity index is 1180. The molecule has 1 saturated heterocycles. The number of nitrogens with one attached hydrogen (secondary N) is 1. The normalized spacial score (nSPS) is 16.0. The molecule has 7 nitrogen and oxygen atoms in total. The smallest absolute Gasteiger partial charge is 0.251 e. The highest BCUT2D eigenvalue weighted by atomic mass is 35.5. The predicted molar refractivity (Wildman–Crippen MR) is 161 cm³/mol. The van der Waals surface area contributed by atoms with Crippen molar-refractivity contribution in [3.8, 4) is 23.0 Å². The Kier molecular flexibility index (Phi) is 12.2. The number of phenols is 1. The van der Waals surface area contributed by atoms with Crippen molar-refractivity contribution in [2.75, 3.05) is 38.2 Å². The zero-order valence-electron chi connectivity index (χ0n) is 22.9. The predicted octanol–water partition coefficient (Wildman–Crippen LogP) is 6.00. The van der Waals surface area contributed by atoms with E-state index in [1.807, 2.05) is 54.6 Å². The fourth-order valence-corrected chi connectivity index (χ4v) is 4.66. The molecular weight excluding hydrogens is 537 g/mol. The lowest BCUT2D eigenvalue weighted by atomic mass is 10.0. The standard InChI is InChI=1S/C30H37N3O4.2ClH/c1-21(2)29(20-32-16-17-33(22(3)19-32)24-6-5-7-25(34)18-24)31-30(35)23-8-10-27(11-9-23)37-28-14-12-26(36-4)13-15-28;;/h5-15,18,21-22,29,34H,16-17,19-20H2,1-4H3,(H,31,35);2*1H/t22-,29+;;/m0../s1. The Balaban J connectivity index is 0.00000267. The Morgan fingerprint density at radius 1 is 0.974 bits per heavy atom. The van der Waals surface area contributed by atoms with Crippen LogP contribution in [0, 0.1) is 5.92 Å². The van der Waals surface area contributed by atoms with Gasteiger partial charge in [-0.25, -0.2) is 0 Å².